The number of hydrogen-bond acceptors (Lipinski definition) is 3. The van der Waals surface area contributed by atoms with Crippen molar-refractivity contribution >= 4 is 10.8 Å². The van der Waals surface area contributed by atoms with Crippen LogP contribution in [0.4, 0.5) is 0 Å². The first-order chi connectivity index (χ1) is 10.2. The lowest BCUT2D eigenvalue weighted by molar-refractivity contribution is 0.415. The van der Waals surface area contributed by atoms with Crippen molar-refractivity contribution in [2.24, 2.45) is 0 Å². The number of rotatable bonds is 6. The molecule has 2 atom stereocenters. The molecule has 0 saturated carbocycles. The molecule has 0 saturated heterocycles. The largest absolute Gasteiger partial charge is 0.497 e. The van der Waals surface area contributed by atoms with Gasteiger partial charge in [0.05, 0.1) is 19.6 Å². The smallest absolute Gasteiger partial charge is 0.119 e. The van der Waals surface area contributed by atoms with E-state index in [2.05, 4.69) is 49.5 Å². The number of fused-ring (bicyclic) bond motifs is 1. The van der Waals surface area contributed by atoms with Gasteiger partial charge < -0.3 is 10.1 Å². The summed E-state index contributed by atoms with van der Waals surface area (Å²) < 4.78 is 5.25. The standard InChI is InChI=1S/C18H22N2O/c1-4-17(9-10-19)20-13(2)14-5-6-16-12-18(21-3)8-7-15(16)11-14/h5-8,11-13,17,20H,4,9H2,1-3H3. The maximum absolute atomic E-state index is 8.84. The highest BCUT2D eigenvalue weighted by atomic mass is 16.5. The Morgan fingerprint density at radius 1 is 1.19 bits per heavy atom. The number of ether oxygens (including phenoxy) is 1. The summed E-state index contributed by atoms with van der Waals surface area (Å²) in [4.78, 5) is 0. The SMILES string of the molecule is CCC(CC#N)NC(C)c1ccc2cc(OC)ccc2c1. The summed E-state index contributed by atoms with van der Waals surface area (Å²) >= 11 is 0. The Morgan fingerprint density at radius 2 is 1.90 bits per heavy atom. The van der Waals surface area contributed by atoms with Crippen LogP contribution in [0, 0.1) is 11.3 Å². The van der Waals surface area contributed by atoms with Gasteiger partial charge in [-0.15, -0.1) is 0 Å². The molecule has 1 N–H and O–H groups in total. The highest BCUT2D eigenvalue weighted by Crippen LogP contribution is 2.24. The van der Waals surface area contributed by atoms with Gasteiger partial charge in [0.15, 0.2) is 0 Å². The van der Waals surface area contributed by atoms with E-state index in [9.17, 15) is 0 Å². The molecule has 0 fully saturated rings. The van der Waals surface area contributed by atoms with Crippen LogP contribution in [0.2, 0.25) is 0 Å². The number of nitriles is 1. The molecule has 2 aromatic carbocycles. The summed E-state index contributed by atoms with van der Waals surface area (Å²) in [5, 5.41) is 14.7. The molecule has 0 bridgehead atoms. The van der Waals surface area contributed by atoms with Crippen molar-refractivity contribution in [2.75, 3.05) is 7.11 Å². The molecule has 21 heavy (non-hydrogen) atoms. The number of nitrogens with zero attached hydrogens (tertiary/aromatic N) is 1. The second-order valence-electron chi connectivity index (χ2n) is 5.33. The molecule has 0 heterocycles. The van der Waals surface area contributed by atoms with Gasteiger partial charge in [-0.25, -0.2) is 0 Å². The number of methoxy groups -OCH3 is 1. The molecule has 2 aromatic rings. The minimum Gasteiger partial charge on any atom is -0.497 e. The van der Waals surface area contributed by atoms with E-state index >= 15 is 0 Å². The van der Waals surface area contributed by atoms with Gasteiger partial charge in [-0.1, -0.05) is 25.1 Å². The second-order valence-corrected chi connectivity index (χ2v) is 5.33. The van der Waals surface area contributed by atoms with Gasteiger partial charge in [0.2, 0.25) is 0 Å². The molecular formula is C18H22N2O. The lowest BCUT2D eigenvalue weighted by atomic mass is 10.0. The monoisotopic (exact) mass is 282 g/mol. The van der Waals surface area contributed by atoms with Gasteiger partial charge in [0, 0.05) is 12.1 Å². The van der Waals surface area contributed by atoms with Crippen LogP contribution in [-0.4, -0.2) is 13.2 Å². The van der Waals surface area contributed by atoms with Gasteiger partial charge >= 0.3 is 0 Å². The quantitative estimate of drug-likeness (QED) is 0.864. The predicted molar refractivity (Wildman–Crippen MR) is 86.4 cm³/mol. The van der Waals surface area contributed by atoms with Gasteiger partial charge in [0.25, 0.3) is 0 Å². The fraction of sp³-hybridized carbons (Fsp3) is 0.389. The lowest BCUT2D eigenvalue weighted by Gasteiger charge is -2.21. The minimum absolute atomic E-state index is 0.231. The average molecular weight is 282 g/mol. The summed E-state index contributed by atoms with van der Waals surface area (Å²) in [6.45, 7) is 4.25. The summed E-state index contributed by atoms with van der Waals surface area (Å²) in [5.41, 5.74) is 1.24. The van der Waals surface area contributed by atoms with E-state index in [1.54, 1.807) is 7.11 Å². The first-order valence-electron chi connectivity index (χ1n) is 7.38. The molecule has 0 aliphatic rings. The van der Waals surface area contributed by atoms with Crippen molar-refractivity contribution in [1.29, 1.82) is 5.26 Å². The van der Waals surface area contributed by atoms with Crippen LogP contribution < -0.4 is 10.1 Å². The third-order valence-corrected chi connectivity index (χ3v) is 3.89. The van der Waals surface area contributed by atoms with Crippen LogP contribution in [0.1, 0.15) is 38.3 Å². The van der Waals surface area contributed by atoms with Crippen LogP contribution in [0.25, 0.3) is 10.8 Å². The van der Waals surface area contributed by atoms with Crippen LogP contribution >= 0.6 is 0 Å². The highest BCUT2D eigenvalue weighted by molar-refractivity contribution is 5.84. The maximum Gasteiger partial charge on any atom is 0.119 e. The number of nitrogens with one attached hydrogen (secondary N) is 1. The predicted octanol–water partition coefficient (Wildman–Crippen LogP) is 4.19. The fourth-order valence-electron chi connectivity index (χ4n) is 2.52. The van der Waals surface area contributed by atoms with Crippen molar-refractivity contribution in [3.63, 3.8) is 0 Å². The van der Waals surface area contributed by atoms with E-state index in [1.807, 2.05) is 12.1 Å². The van der Waals surface area contributed by atoms with Gasteiger partial charge in [-0.3, -0.25) is 0 Å². The van der Waals surface area contributed by atoms with Crippen LogP contribution in [0.3, 0.4) is 0 Å². The Labute approximate surface area is 126 Å². The minimum atomic E-state index is 0.231. The van der Waals surface area contributed by atoms with E-state index in [0.29, 0.717) is 6.42 Å². The normalized spacial score (nSPS) is 13.6. The van der Waals surface area contributed by atoms with Gasteiger partial charge in [-0.2, -0.15) is 5.26 Å². The molecule has 3 heteroatoms. The molecule has 2 unspecified atom stereocenters. The summed E-state index contributed by atoms with van der Waals surface area (Å²) in [6, 6.07) is 15.3. The molecule has 0 aliphatic heterocycles. The Balaban J connectivity index is 2.20. The summed E-state index contributed by atoms with van der Waals surface area (Å²) in [6.07, 6.45) is 1.51. The lowest BCUT2D eigenvalue weighted by Crippen LogP contribution is -2.30. The van der Waals surface area contributed by atoms with Gasteiger partial charge in [-0.05, 0) is 47.9 Å². The summed E-state index contributed by atoms with van der Waals surface area (Å²) in [7, 11) is 1.68. The van der Waals surface area contributed by atoms with Crippen LogP contribution in [0.15, 0.2) is 36.4 Å². The highest BCUT2D eigenvalue weighted by Gasteiger charge is 2.12. The molecule has 0 spiro atoms. The van der Waals surface area contributed by atoms with E-state index in [0.717, 1.165) is 12.2 Å². The molecule has 110 valence electrons. The number of hydrogen-bond donors (Lipinski definition) is 1. The Morgan fingerprint density at radius 3 is 2.57 bits per heavy atom. The van der Waals surface area contributed by atoms with Crippen molar-refractivity contribution in [3.8, 4) is 11.8 Å². The fourth-order valence-corrected chi connectivity index (χ4v) is 2.52. The third kappa shape index (κ3) is 3.74. The van der Waals surface area contributed by atoms with Crippen molar-refractivity contribution in [2.45, 2.75) is 38.8 Å². The first kappa shape index (κ1) is 15.3. The zero-order valence-corrected chi connectivity index (χ0v) is 12.9. The van der Waals surface area contributed by atoms with Crippen molar-refractivity contribution in [1.82, 2.24) is 5.32 Å². The molecular weight excluding hydrogens is 260 g/mol. The topological polar surface area (TPSA) is 45.0 Å². The Bertz CT molecular complexity index is 645. The van der Waals surface area contributed by atoms with Gasteiger partial charge in [0.1, 0.15) is 5.75 Å². The number of benzene rings is 2. The molecule has 0 aliphatic carbocycles. The molecule has 0 amide bonds. The van der Waals surface area contributed by atoms with Crippen LogP contribution in [0.5, 0.6) is 5.75 Å². The van der Waals surface area contributed by atoms with Crippen molar-refractivity contribution in [3.05, 3.63) is 42.0 Å². The van der Waals surface area contributed by atoms with E-state index in [-0.39, 0.29) is 12.1 Å². The Hall–Kier alpha value is -2.05. The maximum atomic E-state index is 8.84. The molecule has 3 nitrogen and oxygen atoms in total. The molecule has 0 aromatic heterocycles. The van der Waals surface area contributed by atoms with E-state index < -0.39 is 0 Å². The van der Waals surface area contributed by atoms with Crippen molar-refractivity contribution < 1.29 is 4.74 Å². The molecule has 0 radical (unpaired) electrons. The third-order valence-electron chi connectivity index (χ3n) is 3.89. The second kappa shape index (κ2) is 7.10. The van der Waals surface area contributed by atoms with E-state index in [4.69, 9.17) is 10.00 Å². The first-order valence-corrected chi connectivity index (χ1v) is 7.38. The van der Waals surface area contributed by atoms with E-state index in [1.165, 1.54) is 16.3 Å². The zero-order valence-electron chi connectivity index (χ0n) is 12.9. The Kier molecular flexibility index (Phi) is 5.19. The summed E-state index contributed by atoms with van der Waals surface area (Å²) in [5.74, 6) is 0.876. The average Bonchev–Trinajstić information content (AvgIpc) is 2.53. The molecule has 2 rings (SSSR count). The van der Waals surface area contributed by atoms with Crippen LogP contribution in [-0.2, 0) is 0 Å². The zero-order chi connectivity index (χ0) is 15.2.